The molecule has 0 aliphatic carbocycles. The zero-order chi connectivity index (χ0) is 14.0. The summed E-state index contributed by atoms with van der Waals surface area (Å²) in [5.74, 6) is -1.01. The average molecular weight is 257 g/mol. The number of nitrogens with two attached hydrogens (primary N) is 1. The van der Waals surface area contributed by atoms with Gasteiger partial charge in [-0.2, -0.15) is 0 Å². The average Bonchev–Trinajstić information content (AvgIpc) is 2.27. The molecule has 0 amide bonds. The molecule has 0 aliphatic heterocycles. The Kier molecular flexibility index (Phi) is 8.21. The minimum Gasteiger partial charge on any atom is -0.426 e. The second-order valence-electron chi connectivity index (χ2n) is 3.37. The number of nitrogens with one attached hydrogen (secondary N) is 1. The Labute approximate surface area is 106 Å². The fourth-order valence-electron chi connectivity index (χ4n) is 1.14. The van der Waals surface area contributed by atoms with E-state index in [2.05, 4.69) is 10.3 Å². The quantitative estimate of drug-likeness (QED) is 0.286. The Bertz CT molecular complexity index is 328. The van der Waals surface area contributed by atoms with Gasteiger partial charge in [-0.05, 0) is 13.5 Å². The van der Waals surface area contributed by atoms with E-state index in [1.165, 1.54) is 20.0 Å². The van der Waals surface area contributed by atoms with Gasteiger partial charge in [-0.25, -0.2) is 4.99 Å². The van der Waals surface area contributed by atoms with Crippen molar-refractivity contribution < 1.29 is 19.1 Å². The van der Waals surface area contributed by atoms with Gasteiger partial charge in [0.15, 0.2) is 0 Å². The molecule has 0 bridgehead atoms. The lowest BCUT2D eigenvalue weighted by molar-refractivity contribution is -0.184. The van der Waals surface area contributed by atoms with Crippen LogP contribution in [-0.2, 0) is 19.1 Å². The van der Waals surface area contributed by atoms with Crippen molar-refractivity contribution in [3.63, 3.8) is 0 Å². The topological polar surface area (TPSA) is 103 Å². The van der Waals surface area contributed by atoms with Gasteiger partial charge in [0.2, 0.25) is 6.29 Å². The molecule has 0 rings (SSSR count). The first-order valence-electron chi connectivity index (χ1n) is 5.44. The molecule has 3 N–H and O–H groups in total. The fraction of sp³-hybridized carbons (Fsp3) is 0.545. The Morgan fingerprint density at radius 3 is 2.61 bits per heavy atom. The number of ether oxygens (including phenoxy) is 2. The van der Waals surface area contributed by atoms with E-state index in [4.69, 9.17) is 15.2 Å². The van der Waals surface area contributed by atoms with Crippen LogP contribution in [0.5, 0.6) is 0 Å². The van der Waals surface area contributed by atoms with Gasteiger partial charge in [0.25, 0.3) is 0 Å². The Hall–Kier alpha value is -1.89. The van der Waals surface area contributed by atoms with Crippen LogP contribution in [-0.4, -0.2) is 37.7 Å². The van der Waals surface area contributed by atoms with E-state index in [9.17, 15) is 9.59 Å². The second kappa shape index (κ2) is 9.17. The number of likely N-dealkylation sites (N-methyl/N-ethyl adjacent to an activating group) is 1. The highest BCUT2D eigenvalue weighted by atomic mass is 16.7. The summed E-state index contributed by atoms with van der Waals surface area (Å²) in [6.45, 7) is 2.72. The Morgan fingerprint density at radius 1 is 1.44 bits per heavy atom. The zero-order valence-corrected chi connectivity index (χ0v) is 10.8. The molecule has 2 atom stereocenters. The molecule has 0 aromatic heterocycles. The van der Waals surface area contributed by atoms with Crippen molar-refractivity contribution in [1.29, 1.82) is 0 Å². The van der Waals surface area contributed by atoms with Gasteiger partial charge in [-0.15, -0.1) is 0 Å². The van der Waals surface area contributed by atoms with Gasteiger partial charge in [0, 0.05) is 20.0 Å². The summed E-state index contributed by atoms with van der Waals surface area (Å²) >= 11 is 0. The largest absolute Gasteiger partial charge is 0.426 e. The highest BCUT2D eigenvalue weighted by molar-refractivity contribution is 5.76. The summed E-state index contributed by atoms with van der Waals surface area (Å²) in [5.41, 5.74) is 5.05. The van der Waals surface area contributed by atoms with Crippen LogP contribution in [0.4, 0.5) is 0 Å². The number of aliphatic imine (C=N–C) groups is 1. The number of carbonyl (C=O) groups is 2. The summed E-state index contributed by atoms with van der Waals surface area (Å²) in [4.78, 5) is 26.0. The molecule has 102 valence electrons. The SMILES string of the molecule is CNC(C/C=C/N=CN)C(=O)OC(C)OC(C)=O. The number of carbonyl (C=O) groups excluding carboxylic acids is 2. The Balaban J connectivity index is 4.21. The first-order valence-corrected chi connectivity index (χ1v) is 5.44. The van der Waals surface area contributed by atoms with Crippen molar-refractivity contribution in [3.8, 4) is 0 Å². The molecule has 0 spiro atoms. The van der Waals surface area contributed by atoms with Crippen molar-refractivity contribution in [2.45, 2.75) is 32.6 Å². The molecule has 0 aliphatic rings. The van der Waals surface area contributed by atoms with E-state index in [-0.39, 0.29) is 0 Å². The van der Waals surface area contributed by atoms with E-state index in [0.717, 1.165) is 6.34 Å². The lowest BCUT2D eigenvalue weighted by Crippen LogP contribution is -2.37. The van der Waals surface area contributed by atoms with Crippen LogP contribution in [0.2, 0.25) is 0 Å². The molecule has 18 heavy (non-hydrogen) atoms. The molecule has 0 fully saturated rings. The van der Waals surface area contributed by atoms with E-state index >= 15 is 0 Å². The van der Waals surface area contributed by atoms with Crippen LogP contribution >= 0.6 is 0 Å². The maximum absolute atomic E-state index is 11.7. The van der Waals surface area contributed by atoms with Crippen molar-refractivity contribution in [2.75, 3.05) is 7.05 Å². The predicted molar refractivity (Wildman–Crippen MR) is 66.6 cm³/mol. The van der Waals surface area contributed by atoms with E-state index in [0.29, 0.717) is 6.42 Å². The maximum atomic E-state index is 11.7. The number of hydrogen-bond donors (Lipinski definition) is 2. The standard InChI is InChI=1S/C11H19N3O4/c1-8(15)17-9(2)18-11(16)10(13-3)5-4-6-14-7-12/h4,6-7,9-10,13H,5H2,1-3H3,(H2,12,14)/b6-4+. The van der Waals surface area contributed by atoms with E-state index in [1.807, 2.05) is 0 Å². The third-order valence-electron chi connectivity index (χ3n) is 1.90. The molecule has 2 unspecified atom stereocenters. The minimum atomic E-state index is -0.906. The monoisotopic (exact) mass is 257 g/mol. The smallest absolute Gasteiger partial charge is 0.326 e. The highest BCUT2D eigenvalue weighted by Crippen LogP contribution is 2.02. The summed E-state index contributed by atoms with van der Waals surface area (Å²) in [7, 11) is 1.63. The molecule has 0 radical (unpaired) electrons. The van der Waals surface area contributed by atoms with E-state index in [1.54, 1.807) is 13.1 Å². The molecule has 0 saturated carbocycles. The van der Waals surface area contributed by atoms with Crippen LogP contribution in [0.15, 0.2) is 17.3 Å². The molecule has 0 aromatic rings. The van der Waals surface area contributed by atoms with E-state index < -0.39 is 24.3 Å². The summed E-state index contributed by atoms with van der Waals surface area (Å²) in [6.07, 6.45) is 3.78. The molecular formula is C11H19N3O4. The van der Waals surface area contributed by atoms with Crippen LogP contribution in [0.1, 0.15) is 20.3 Å². The molecule has 0 heterocycles. The normalized spacial score (nSPS) is 14.6. The molecule has 0 aromatic carbocycles. The first-order chi connectivity index (χ1) is 8.51. The van der Waals surface area contributed by atoms with Gasteiger partial charge in [0.05, 0.1) is 6.34 Å². The first kappa shape index (κ1) is 16.1. The van der Waals surface area contributed by atoms with Gasteiger partial charge < -0.3 is 20.5 Å². The summed E-state index contributed by atoms with van der Waals surface area (Å²) in [6, 6.07) is -0.535. The third-order valence-corrected chi connectivity index (χ3v) is 1.90. The minimum absolute atomic E-state index is 0.388. The van der Waals surface area contributed by atoms with Crippen LogP contribution in [0.25, 0.3) is 0 Å². The number of esters is 2. The number of nitrogens with zero attached hydrogens (tertiary/aromatic N) is 1. The number of hydrogen-bond acceptors (Lipinski definition) is 6. The summed E-state index contributed by atoms with van der Waals surface area (Å²) in [5, 5.41) is 2.79. The molecule has 7 nitrogen and oxygen atoms in total. The van der Waals surface area contributed by atoms with Crippen LogP contribution in [0.3, 0.4) is 0 Å². The zero-order valence-electron chi connectivity index (χ0n) is 10.8. The van der Waals surface area contributed by atoms with Gasteiger partial charge in [-0.3, -0.25) is 9.59 Å². The second-order valence-corrected chi connectivity index (χ2v) is 3.37. The lowest BCUT2D eigenvalue weighted by atomic mass is 10.2. The van der Waals surface area contributed by atoms with Gasteiger partial charge in [0.1, 0.15) is 6.04 Å². The van der Waals surface area contributed by atoms with Crippen molar-refractivity contribution in [1.82, 2.24) is 5.32 Å². The Morgan fingerprint density at radius 2 is 2.11 bits per heavy atom. The van der Waals surface area contributed by atoms with Gasteiger partial charge in [-0.1, -0.05) is 6.08 Å². The van der Waals surface area contributed by atoms with Crippen molar-refractivity contribution >= 4 is 18.3 Å². The fourth-order valence-corrected chi connectivity index (χ4v) is 1.14. The maximum Gasteiger partial charge on any atom is 0.326 e. The lowest BCUT2D eigenvalue weighted by Gasteiger charge is -2.17. The highest BCUT2D eigenvalue weighted by Gasteiger charge is 2.20. The molecule has 7 heteroatoms. The third kappa shape index (κ3) is 7.39. The predicted octanol–water partition coefficient (Wildman–Crippen LogP) is -0.0825. The molecular weight excluding hydrogens is 238 g/mol. The van der Waals surface area contributed by atoms with Crippen LogP contribution < -0.4 is 11.1 Å². The molecule has 0 saturated heterocycles. The van der Waals surface area contributed by atoms with Crippen molar-refractivity contribution in [2.24, 2.45) is 10.7 Å². The van der Waals surface area contributed by atoms with Gasteiger partial charge >= 0.3 is 11.9 Å². The number of rotatable bonds is 7. The van der Waals surface area contributed by atoms with Crippen molar-refractivity contribution in [3.05, 3.63) is 12.3 Å². The van der Waals surface area contributed by atoms with Crippen LogP contribution in [0, 0.1) is 0 Å². The summed E-state index contributed by atoms with van der Waals surface area (Å²) < 4.78 is 9.62.